The van der Waals surface area contributed by atoms with Gasteiger partial charge in [0.2, 0.25) is 0 Å². The molecule has 0 N–H and O–H groups in total. The molecule has 41 heavy (non-hydrogen) atoms. The van der Waals surface area contributed by atoms with E-state index in [0.29, 0.717) is 6.42 Å². The highest BCUT2D eigenvalue weighted by Gasteiger charge is 2.20. The molecule has 1 aromatic heterocycles. The molecular formula is C32H40N2O6S. The molecule has 0 aliphatic carbocycles. The minimum Gasteiger partial charge on any atom is -0.466 e. The van der Waals surface area contributed by atoms with Gasteiger partial charge in [0.15, 0.2) is 6.10 Å². The molecule has 1 atom stereocenters. The number of aryl methyl sites for hydroxylation is 1. The molecule has 0 saturated heterocycles. The zero-order valence-electron chi connectivity index (χ0n) is 23.7. The molecule has 1 unspecified atom stereocenters. The second-order valence-corrected chi connectivity index (χ2v) is 11.5. The summed E-state index contributed by atoms with van der Waals surface area (Å²) in [6, 6.07) is 15.9. The normalized spacial score (nSPS) is 12.4. The molecule has 9 heteroatoms. The van der Waals surface area contributed by atoms with Crippen LogP contribution < -0.4 is 0 Å². The number of esters is 1. The number of para-hydroxylation sites is 1. The van der Waals surface area contributed by atoms with Gasteiger partial charge in [-0.25, -0.2) is 0 Å². The van der Waals surface area contributed by atoms with Gasteiger partial charge in [-0.1, -0.05) is 78.9 Å². The van der Waals surface area contributed by atoms with Crippen LogP contribution in [0.2, 0.25) is 0 Å². The third kappa shape index (κ3) is 11.4. The van der Waals surface area contributed by atoms with Crippen LogP contribution in [-0.4, -0.2) is 44.9 Å². The van der Waals surface area contributed by atoms with E-state index in [2.05, 4.69) is 16.7 Å². The molecule has 0 fully saturated rings. The van der Waals surface area contributed by atoms with E-state index in [9.17, 15) is 13.2 Å². The Labute approximate surface area is 243 Å². The van der Waals surface area contributed by atoms with E-state index in [1.54, 1.807) is 18.3 Å². The highest BCUT2D eigenvalue weighted by molar-refractivity contribution is 7.86. The van der Waals surface area contributed by atoms with E-state index in [-0.39, 0.29) is 30.5 Å². The predicted octanol–water partition coefficient (Wildman–Crippen LogP) is 6.91. The lowest BCUT2D eigenvalue weighted by Gasteiger charge is -2.15. The van der Waals surface area contributed by atoms with Crippen molar-refractivity contribution in [2.24, 2.45) is 5.16 Å². The Kier molecular flexibility index (Phi) is 13.5. The second-order valence-electron chi connectivity index (χ2n) is 9.89. The maximum atomic E-state index is 12.7. The summed E-state index contributed by atoms with van der Waals surface area (Å²) in [4.78, 5) is 22.3. The summed E-state index contributed by atoms with van der Waals surface area (Å²) >= 11 is 0. The van der Waals surface area contributed by atoms with Gasteiger partial charge >= 0.3 is 5.97 Å². The van der Waals surface area contributed by atoms with Crippen LogP contribution in [0.15, 0.2) is 83.5 Å². The number of nitrogens with zero attached hydrogens (tertiary/aromatic N) is 2. The molecule has 3 aromatic rings. The number of pyridine rings is 1. The number of carbonyl (C=O) groups is 1. The molecule has 0 spiro atoms. The van der Waals surface area contributed by atoms with Crippen LogP contribution in [0.25, 0.3) is 10.9 Å². The molecule has 0 aliphatic rings. The number of ether oxygens (including phenoxy) is 1. The number of benzene rings is 2. The quantitative estimate of drug-likeness (QED) is 0.0379. The van der Waals surface area contributed by atoms with Crippen molar-refractivity contribution in [3.8, 4) is 0 Å². The van der Waals surface area contributed by atoms with Crippen molar-refractivity contribution in [2.45, 2.75) is 75.7 Å². The van der Waals surface area contributed by atoms with Crippen LogP contribution >= 0.6 is 0 Å². The Hall–Kier alpha value is -3.56. The van der Waals surface area contributed by atoms with Gasteiger partial charge in [-0.3, -0.25) is 14.0 Å². The third-order valence-corrected chi connectivity index (χ3v) is 7.82. The number of oxime groups is 1. The summed E-state index contributed by atoms with van der Waals surface area (Å²) in [5.41, 5.74) is 2.46. The van der Waals surface area contributed by atoms with Gasteiger partial charge < -0.3 is 9.57 Å². The minimum atomic E-state index is -4.00. The molecule has 3 rings (SSSR count). The monoisotopic (exact) mass is 580 g/mol. The predicted molar refractivity (Wildman–Crippen MR) is 161 cm³/mol. The van der Waals surface area contributed by atoms with Crippen molar-refractivity contribution < 1.29 is 27.0 Å². The van der Waals surface area contributed by atoms with E-state index >= 15 is 0 Å². The first kappa shape index (κ1) is 32.0. The largest absolute Gasteiger partial charge is 0.466 e. The fourth-order valence-corrected chi connectivity index (χ4v) is 5.09. The van der Waals surface area contributed by atoms with Crippen molar-refractivity contribution in [2.75, 3.05) is 13.2 Å². The van der Waals surface area contributed by atoms with Crippen molar-refractivity contribution in [3.05, 3.63) is 84.6 Å². The van der Waals surface area contributed by atoms with Gasteiger partial charge in [0.05, 0.1) is 23.2 Å². The summed E-state index contributed by atoms with van der Waals surface area (Å²) in [6.45, 7) is 5.38. The Bertz CT molecular complexity index is 1370. The minimum absolute atomic E-state index is 0.0549. The molecule has 0 bridgehead atoms. The van der Waals surface area contributed by atoms with E-state index in [1.165, 1.54) is 24.8 Å². The van der Waals surface area contributed by atoms with Crippen LogP contribution in [0.4, 0.5) is 0 Å². The van der Waals surface area contributed by atoms with E-state index in [4.69, 9.17) is 13.8 Å². The van der Waals surface area contributed by atoms with Crippen molar-refractivity contribution in [1.82, 2.24) is 4.98 Å². The lowest BCUT2D eigenvalue weighted by molar-refractivity contribution is -0.144. The average Bonchev–Trinajstić information content (AvgIpc) is 2.97. The highest BCUT2D eigenvalue weighted by Crippen LogP contribution is 2.17. The molecule has 220 valence electrons. The lowest BCUT2D eigenvalue weighted by atomic mass is 10.1. The lowest BCUT2D eigenvalue weighted by Crippen LogP contribution is -2.23. The maximum absolute atomic E-state index is 12.7. The molecule has 2 aromatic carbocycles. The average molecular weight is 581 g/mol. The van der Waals surface area contributed by atoms with Crippen LogP contribution in [-0.2, 0) is 28.7 Å². The molecular weight excluding hydrogens is 540 g/mol. The van der Waals surface area contributed by atoms with Gasteiger partial charge in [0, 0.05) is 30.0 Å². The maximum Gasteiger partial charge on any atom is 0.305 e. The fourth-order valence-electron chi connectivity index (χ4n) is 4.15. The van der Waals surface area contributed by atoms with Crippen LogP contribution in [0.5, 0.6) is 0 Å². The SMILES string of the molecule is C=CCCCCCCCCC(=O)OCCC(COS(=O)(=O)c1ccc(C)cc1)O/N=C/c1cccc2cccnc12. The molecule has 8 nitrogen and oxygen atoms in total. The molecule has 0 saturated carbocycles. The zero-order valence-corrected chi connectivity index (χ0v) is 24.6. The number of rotatable bonds is 19. The number of hydrogen-bond acceptors (Lipinski definition) is 8. The number of unbranched alkanes of at least 4 members (excludes halogenated alkanes) is 6. The highest BCUT2D eigenvalue weighted by atomic mass is 32.2. The summed E-state index contributed by atoms with van der Waals surface area (Å²) in [6.07, 6.45) is 12.4. The summed E-state index contributed by atoms with van der Waals surface area (Å²) in [5.74, 6) is -0.283. The first-order valence-electron chi connectivity index (χ1n) is 14.1. The van der Waals surface area contributed by atoms with Crippen LogP contribution in [0.1, 0.15) is 68.9 Å². The van der Waals surface area contributed by atoms with Crippen LogP contribution in [0, 0.1) is 6.92 Å². The van der Waals surface area contributed by atoms with E-state index < -0.39 is 16.2 Å². The van der Waals surface area contributed by atoms with Gasteiger partial charge in [-0.05, 0) is 44.4 Å². The summed E-state index contributed by atoms with van der Waals surface area (Å²) in [5, 5.41) is 5.04. The molecule has 0 aliphatic heterocycles. The van der Waals surface area contributed by atoms with Crippen molar-refractivity contribution >= 4 is 33.2 Å². The summed E-state index contributed by atoms with van der Waals surface area (Å²) < 4.78 is 36.1. The number of carbonyl (C=O) groups excluding carboxylic acids is 1. The van der Waals surface area contributed by atoms with Gasteiger partial charge in [0.1, 0.15) is 6.61 Å². The molecule has 0 radical (unpaired) electrons. The van der Waals surface area contributed by atoms with Gasteiger partial charge in [-0.15, -0.1) is 6.58 Å². The van der Waals surface area contributed by atoms with Crippen molar-refractivity contribution in [1.29, 1.82) is 0 Å². The zero-order chi connectivity index (χ0) is 29.3. The molecule has 0 amide bonds. The summed E-state index contributed by atoms with van der Waals surface area (Å²) in [7, 11) is -4.00. The van der Waals surface area contributed by atoms with Gasteiger partial charge in [0.25, 0.3) is 10.1 Å². The first-order chi connectivity index (χ1) is 19.9. The number of fused-ring (bicyclic) bond motifs is 1. The van der Waals surface area contributed by atoms with Gasteiger partial charge in [-0.2, -0.15) is 8.42 Å². The number of hydrogen-bond donors (Lipinski definition) is 0. The van der Waals surface area contributed by atoms with E-state index in [1.807, 2.05) is 43.3 Å². The number of allylic oxidation sites excluding steroid dienone is 1. The topological polar surface area (TPSA) is 104 Å². The van der Waals surface area contributed by atoms with E-state index in [0.717, 1.165) is 60.6 Å². The third-order valence-electron chi connectivity index (χ3n) is 6.53. The standard InChI is InChI=1S/C32H40N2O6S/c1-3-4-5-6-7-8-9-10-16-31(35)38-23-21-29(25-39-41(36,37)30-19-17-26(2)18-20-30)40-34-24-28-14-11-13-27-15-12-22-33-32(27)28/h3,11-15,17-20,22,24,29H,1,4-10,16,21,23,25H2,2H3/b34-24+. The Balaban J connectivity index is 1.52. The van der Waals surface area contributed by atoms with Crippen LogP contribution in [0.3, 0.4) is 0 Å². The molecule has 1 heterocycles. The Morgan fingerprint density at radius 3 is 2.51 bits per heavy atom. The smallest absolute Gasteiger partial charge is 0.305 e. The first-order valence-corrected chi connectivity index (χ1v) is 15.6. The Morgan fingerprint density at radius 1 is 1.00 bits per heavy atom. The number of aromatic nitrogens is 1. The Morgan fingerprint density at radius 2 is 1.73 bits per heavy atom. The second kappa shape index (κ2) is 17.3. The van der Waals surface area contributed by atoms with Crippen molar-refractivity contribution in [3.63, 3.8) is 0 Å². The fraction of sp³-hybridized carbons (Fsp3) is 0.406.